The number of likely N-dealkylation sites (N-methyl/N-ethyl adjacent to an activating group) is 1. The molecule has 6 nitrogen and oxygen atoms in total. The molecule has 0 saturated heterocycles. The third-order valence-electron chi connectivity index (χ3n) is 4.51. The van der Waals surface area contributed by atoms with Gasteiger partial charge in [0.15, 0.2) is 18.1 Å². The Balaban J connectivity index is 1.79. The van der Waals surface area contributed by atoms with Crippen LogP contribution in [0.25, 0.3) is 0 Å². The van der Waals surface area contributed by atoms with Crippen molar-refractivity contribution < 1.29 is 23.6 Å². The summed E-state index contributed by atoms with van der Waals surface area (Å²) in [6.45, 7) is 4.45. The highest BCUT2D eigenvalue weighted by Gasteiger charge is 2.14. The normalized spacial score (nSPS) is 11.6. The zero-order valence-electron chi connectivity index (χ0n) is 16.7. The van der Waals surface area contributed by atoms with Crippen molar-refractivity contribution in [3.05, 3.63) is 58.9 Å². The van der Waals surface area contributed by atoms with E-state index >= 15 is 0 Å². The number of amides is 2. The molecule has 2 aromatic carbocycles. The van der Waals surface area contributed by atoms with Gasteiger partial charge in [-0.05, 0) is 49.2 Å². The average Bonchev–Trinajstić information content (AvgIpc) is 2.64. The summed E-state index contributed by atoms with van der Waals surface area (Å²) in [5, 5.41) is 5.42. The molecule has 3 N–H and O–H groups in total. The first kappa shape index (κ1) is 21.4. The minimum absolute atomic E-state index is 0.101. The smallest absolute Gasteiger partial charge is 0.275 e. The third-order valence-corrected chi connectivity index (χ3v) is 4.51. The van der Waals surface area contributed by atoms with Crippen molar-refractivity contribution in [1.29, 1.82) is 0 Å². The predicted molar refractivity (Wildman–Crippen MR) is 106 cm³/mol. The summed E-state index contributed by atoms with van der Waals surface area (Å²) in [4.78, 5) is 25.0. The second-order valence-electron chi connectivity index (χ2n) is 6.85. The molecule has 0 radical (unpaired) electrons. The summed E-state index contributed by atoms with van der Waals surface area (Å²) in [6, 6.07) is 10.4. The van der Waals surface area contributed by atoms with E-state index in [0.29, 0.717) is 6.54 Å². The van der Waals surface area contributed by atoms with Crippen LogP contribution in [-0.4, -0.2) is 39.1 Å². The molecule has 0 fully saturated rings. The number of aryl methyl sites for hydroxylation is 1. The van der Waals surface area contributed by atoms with Gasteiger partial charge in [0.25, 0.3) is 5.91 Å². The fourth-order valence-corrected chi connectivity index (χ4v) is 2.83. The van der Waals surface area contributed by atoms with Crippen molar-refractivity contribution in [1.82, 2.24) is 5.32 Å². The number of rotatable bonds is 8. The lowest BCUT2D eigenvalue weighted by Crippen LogP contribution is -3.08. The van der Waals surface area contributed by atoms with Crippen LogP contribution in [0.2, 0.25) is 0 Å². The SMILES string of the molecule is COc1ccc(C[NH+](C)CC(=O)NCC(=O)Nc2cccc(C)c2C)cc1F. The minimum Gasteiger partial charge on any atom is -0.494 e. The van der Waals surface area contributed by atoms with E-state index < -0.39 is 5.82 Å². The first-order valence-electron chi connectivity index (χ1n) is 9.06. The van der Waals surface area contributed by atoms with Crippen LogP contribution in [0.1, 0.15) is 16.7 Å². The van der Waals surface area contributed by atoms with Gasteiger partial charge in [-0.2, -0.15) is 0 Å². The quantitative estimate of drug-likeness (QED) is 0.637. The Morgan fingerprint density at radius 1 is 1.14 bits per heavy atom. The number of halogens is 1. The molecule has 2 rings (SSSR count). The van der Waals surface area contributed by atoms with E-state index in [1.54, 1.807) is 12.1 Å². The standard InChI is InChI=1S/C21H26FN3O3/c1-14-6-5-7-18(15(14)2)24-20(26)11-23-21(27)13-25(3)12-16-8-9-19(28-4)17(22)10-16/h5-10H,11-13H2,1-4H3,(H,23,27)(H,24,26)/p+1. The maximum atomic E-state index is 13.7. The molecular formula is C21H27FN3O3+. The molecular weight excluding hydrogens is 361 g/mol. The molecule has 0 aliphatic carbocycles. The van der Waals surface area contributed by atoms with Gasteiger partial charge in [-0.3, -0.25) is 9.59 Å². The second-order valence-corrected chi connectivity index (χ2v) is 6.85. The van der Waals surface area contributed by atoms with Gasteiger partial charge in [-0.1, -0.05) is 12.1 Å². The maximum Gasteiger partial charge on any atom is 0.275 e. The molecule has 7 heteroatoms. The number of quaternary nitrogens is 1. The first-order valence-corrected chi connectivity index (χ1v) is 9.06. The van der Waals surface area contributed by atoms with Crippen molar-refractivity contribution in [2.45, 2.75) is 20.4 Å². The molecule has 0 spiro atoms. The van der Waals surface area contributed by atoms with Crippen LogP contribution in [0.3, 0.4) is 0 Å². The summed E-state index contributed by atoms with van der Waals surface area (Å²) in [6.07, 6.45) is 0. The topological polar surface area (TPSA) is 71.9 Å². The van der Waals surface area contributed by atoms with Gasteiger partial charge in [0, 0.05) is 11.3 Å². The van der Waals surface area contributed by atoms with Crippen molar-refractivity contribution in [3.63, 3.8) is 0 Å². The van der Waals surface area contributed by atoms with Crippen LogP contribution < -0.4 is 20.3 Å². The van der Waals surface area contributed by atoms with Crippen molar-refractivity contribution in [3.8, 4) is 5.75 Å². The van der Waals surface area contributed by atoms with Crippen LogP contribution in [0.5, 0.6) is 5.75 Å². The molecule has 0 aromatic heterocycles. The lowest BCUT2D eigenvalue weighted by molar-refractivity contribution is -0.885. The van der Waals surface area contributed by atoms with Gasteiger partial charge >= 0.3 is 0 Å². The molecule has 0 aliphatic rings. The predicted octanol–water partition coefficient (Wildman–Crippen LogP) is 1.22. The summed E-state index contributed by atoms with van der Waals surface area (Å²) >= 11 is 0. The Morgan fingerprint density at radius 3 is 2.57 bits per heavy atom. The van der Waals surface area contributed by atoms with Gasteiger partial charge in [0.1, 0.15) is 6.54 Å². The maximum absolute atomic E-state index is 13.7. The van der Waals surface area contributed by atoms with Gasteiger partial charge in [0.2, 0.25) is 5.91 Å². The number of benzene rings is 2. The zero-order valence-corrected chi connectivity index (χ0v) is 16.7. The third kappa shape index (κ3) is 6.06. The lowest BCUT2D eigenvalue weighted by atomic mass is 10.1. The highest BCUT2D eigenvalue weighted by molar-refractivity contribution is 5.95. The summed E-state index contributed by atoms with van der Waals surface area (Å²) in [5.74, 6) is -0.770. The van der Waals surface area contributed by atoms with E-state index in [-0.39, 0.29) is 30.7 Å². The molecule has 0 aliphatic heterocycles. The Labute approximate surface area is 164 Å². The lowest BCUT2D eigenvalue weighted by Gasteiger charge is -2.15. The van der Waals surface area contributed by atoms with Crippen molar-refractivity contribution in [2.75, 3.05) is 32.6 Å². The van der Waals surface area contributed by atoms with Gasteiger partial charge in [-0.25, -0.2) is 4.39 Å². The molecule has 2 aromatic rings. The molecule has 2 amide bonds. The first-order chi connectivity index (χ1) is 13.3. The van der Waals surface area contributed by atoms with Gasteiger partial charge in [0.05, 0.1) is 20.7 Å². The molecule has 1 atom stereocenters. The monoisotopic (exact) mass is 388 g/mol. The fraction of sp³-hybridized carbons (Fsp3) is 0.333. The Bertz CT molecular complexity index is 855. The summed E-state index contributed by atoms with van der Waals surface area (Å²) < 4.78 is 18.6. The van der Waals surface area contributed by atoms with Crippen LogP contribution in [-0.2, 0) is 16.1 Å². The number of hydrogen-bond acceptors (Lipinski definition) is 3. The van der Waals surface area contributed by atoms with E-state index in [0.717, 1.165) is 27.3 Å². The fourth-order valence-electron chi connectivity index (χ4n) is 2.83. The molecule has 0 heterocycles. The van der Waals surface area contributed by atoms with Crippen LogP contribution >= 0.6 is 0 Å². The van der Waals surface area contributed by atoms with Crippen molar-refractivity contribution >= 4 is 17.5 Å². The van der Waals surface area contributed by atoms with Crippen molar-refractivity contribution in [2.24, 2.45) is 0 Å². The minimum atomic E-state index is -0.430. The van der Waals surface area contributed by atoms with Gasteiger partial charge < -0.3 is 20.3 Å². The molecule has 0 bridgehead atoms. The highest BCUT2D eigenvalue weighted by atomic mass is 19.1. The zero-order chi connectivity index (χ0) is 20.7. The van der Waals surface area contributed by atoms with Crippen LogP contribution in [0, 0.1) is 19.7 Å². The molecule has 0 saturated carbocycles. The van der Waals surface area contributed by atoms with E-state index in [9.17, 15) is 14.0 Å². The van der Waals surface area contributed by atoms with E-state index in [4.69, 9.17) is 4.74 Å². The van der Waals surface area contributed by atoms with E-state index in [1.807, 2.05) is 39.1 Å². The van der Waals surface area contributed by atoms with Crippen LogP contribution in [0.15, 0.2) is 36.4 Å². The van der Waals surface area contributed by atoms with Crippen LogP contribution in [0.4, 0.5) is 10.1 Å². The average molecular weight is 388 g/mol. The summed E-state index contributed by atoms with van der Waals surface area (Å²) in [7, 11) is 3.24. The number of hydrogen-bond donors (Lipinski definition) is 3. The molecule has 28 heavy (non-hydrogen) atoms. The number of carbonyl (C=O) groups excluding carboxylic acids is 2. The van der Waals surface area contributed by atoms with E-state index in [2.05, 4.69) is 10.6 Å². The number of carbonyl (C=O) groups is 2. The Morgan fingerprint density at radius 2 is 1.89 bits per heavy atom. The highest BCUT2D eigenvalue weighted by Crippen LogP contribution is 2.18. The number of methoxy groups -OCH3 is 1. The number of nitrogens with one attached hydrogen (secondary N) is 3. The molecule has 150 valence electrons. The second kappa shape index (κ2) is 9.85. The molecule has 1 unspecified atom stereocenters. The number of ether oxygens (including phenoxy) is 1. The summed E-state index contributed by atoms with van der Waals surface area (Å²) in [5.41, 5.74) is 3.58. The Hall–Kier alpha value is -2.93. The number of anilines is 1. The largest absolute Gasteiger partial charge is 0.494 e. The van der Waals surface area contributed by atoms with Gasteiger partial charge in [-0.15, -0.1) is 0 Å². The Kier molecular flexibility index (Phi) is 7.52. The van der Waals surface area contributed by atoms with E-state index in [1.165, 1.54) is 13.2 Å².